The van der Waals surface area contributed by atoms with E-state index in [2.05, 4.69) is 20.2 Å². The van der Waals surface area contributed by atoms with Crippen LogP contribution >= 0.6 is 0 Å². The lowest BCUT2D eigenvalue weighted by molar-refractivity contribution is -0.121. The molecule has 1 N–H and O–H groups in total. The fourth-order valence-electron chi connectivity index (χ4n) is 4.25. The van der Waals surface area contributed by atoms with Gasteiger partial charge in [-0.05, 0) is 64.3 Å². The van der Waals surface area contributed by atoms with Gasteiger partial charge >= 0.3 is 0 Å². The number of benzene rings is 1. The third kappa shape index (κ3) is 4.36. The Hall–Kier alpha value is -2.80. The number of hydrogen-bond acceptors (Lipinski definition) is 6. The van der Waals surface area contributed by atoms with Crippen molar-refractivity contribution in [2.45, 2.75) is 46.1 Å². The van der Waals surface area contributed by atoms with Gasteiger partial charge in [-0.25, -0.2) is 14.9 Å². The van der Waals surface area contributed by atoms with Crippen molar-refractivity contribution in [3.63, 3.8) is 0 Å². The summed E-state index contributed by atoms with van der Waals surface area (Å²) in [6, 6.07) is 9.06. The van der Waals surface area contributed by atoms with Crippen LogP contribution < -0.4 is 15.1 Å². The van der Waals surface area contributed by atoms with Gasteiger partial charge < -0.3 is 10.2 Å². The van der Waals surface area contributed by atoms with Crippen molar-refractivity contribution in [3.8, 4) is 0 Å². The number of hydrogen-bond donors (Lipinski definition) is 1. The van der Waals surface area contributed by atoms with E-state index >= 15 is 0 Å². The molecule has 2 fully saturated rings. The first-order valence-corrected chi connectivity index (χ1v) is 10.6. The molecule has 0 radical (unpaired) electrons. The van der Waals surface area contributed by atoms with Crippen molar-refractivity contribution >= 4 is 23.5 Å². The van der Waals surface area contributed by atoms with Crippen molar-refractivity contribution in [2.75, 3.05) is 29.4 Å². The van der Waals surface area contributed by atoms with E-state index in [-0.39, 0.29) is 18.2 Å². The molecule has 158 valence electrons. The Morgan fingerprint density at radius 2 is 1.63 bits per heavy atom. The zero-order valence-corrected chi connectivity index (χ0v) is 17.9. The highest BCUT2D eigenvalue weighted by Gasteiger charge is 2.39. The van der Waals surface area contributed by atoms with Crippen molar-refractivity contribution in [3.05, 3.63) is 47.3 Å². The third-order valence-electron chi connectivity index (χ3n) is 5.96. The predicted octanol–water partition coefficient (Wildman–Crippen LogP) is 2.54. The molecule has 7 heteroatoms. The fraction of sp³-hybridized carbons (Fsp3) is 0.478. The molecular weight excluding hydrogens is 378 g/mol. The van der Waals surface area contributed by atoms with Crippen molar-refractivity contribution < 1.29 is 9.59 Å². The van der Waals surface area contributed by atoms with E-state index in [1.807, 2.05) is 51.1 Å². The van der Waals surface area contributed by atoms with Gasteiger partial charge in [-0.1, -0.05) is 17.7 Å². The van der Waals surface area contributed by atoms with Crippen LogP contribution in [0.15, 0.2) is 30.3 Å². The Morgan fingerprint density at radius 1 is 1.00 bits per heavy atom. The molecule has 4 rings (SSSR count). The van der Waals surface area contributed by atoms with Crippen molar-refractivity contribution in [2.24, 2.45) is 5.92 Å². The zero-order valence-electron chi connectivity index (χ0n) is 17.9. The minimum absolute atomic E-state index is 0.136. The van der Waals surface area contributed by atoms with E-state index in [0.29, 0.717) is 11.6 Å². The molecule has 0 bridgehead atoms. The normalized spacial score (nSPS) is 20.3. The molecule has 30 heavy (non-hydrogen) atoms. The first kappa shape index (κ1) is 20.5. The van der Waals surface area contributed by atoms with E-state index < -0.39 is 6.04 Å². The predicted molar refractivity (Wildman–Crippen MR) is 117 cm³/mol. The molecule has 1 aromatic heterocycles. The molecule has 2 aliphatic rings. The summed E-state index contributed by atoms with van der Waals surface area (Å²) in [4.78, 5) is 37.9. The number of aryl methyl sites for hydroxylation is 3. The number of amides is 2. The largest absolute Gasteiger partial charge is 0.341 e. The first-order chi connectivity index (χ1) is 14.4. The summed E-state index contributed by atoms with van der Waals surface area (Å²) in [7, 11) is 0. The first-order valence-electron chi connectivity index (χ1n) is 10.6. The standard InChI is InChI=1S/C23H29N5O2/c1-15-4-6-19(7-5-15)28-21(29)13-20(22(28)30)24-14-18-8-10-27(11-9-18)23-25-16(2)12-17(3)26-23/h4-7,12,18,20,24H,8-11,13-14H2,1-3H3/t20-/m0/s1. The lowest BCUT2D eigenvalue weighted by Crippen LogP contribution is -2.43. The average molecular weight is 408 g/mol. The minimum atomic E-state index is -0.431. The number of anilines is 2. The van der Waals surface area contributed by atoms with Gasteiger partial charge in [0.15, 0.2) is 0 Å². The van der Waals surface area contributed by atoms with Crippen LogP contribution in [0, 0.1) is 26.7 Å². The van der Waals surface area contributed by atoms with Crippen LogP contribution in [0.5, 0.6) is 0 Å². The van der Waals surface area contributed by atoms with Crippen LogP contribution in [-0.4, -0.2) is 47.5 Å². The maximum Gasteiger partial charge on any atom is 0.251 e. The Labute approximate surface area is 177 Å². The second-order valence-corrected chi connectivity index (χ2v) is 8.45. The number of rotatable bonds is 5. The summed E-state index contributed by atoms with van der Waals surface area (Å²) in [5, 5.41) is 3.35. The van der Waals surface area contributed by atoms with Crippen LogP contribution in [-0.2, 0) is 9.59 Å². The van der Waals surface area contributed by atoms with Gasteiger partial charge in [-0.2, -0.15) is 0 Å². The monoisotopic (exact) mass is 407 g/mol. The molecule has 0 unspecified atom stereocenters. The molecule has 2 aliphatic heterocycles. The van der Waals surface area contributed by atoms with Crippen LogP contribution in [0.3, 0.4) is 0 Å². The van der Waals surface area contributed by atoms with Crippen LogP contribution in [0.4, 0.5) is 11.6 Å². The van der Waals surface area contributed by atoms with E-state index in [1.165, 1.54) is 4.90 Å². The molecule has 0 spiro atoms. The number of aromatic nitrogens is 2. The second-order valence-electron chi connectivity index (χ2n) is 8.45. The summed E-state index contributed by atoms with van der Waals surface area (Å²) in [6.45, 7) is 8.53. The van der Waals surface area contributed by atoms with Crippen molar-refractivity contribution in [1.82, 2.24) is 15.3 Å². The van der Waals surface area contributed by atoms with Crippen LogP contribution in [0.25, 0.3) is 0 Å². The number of carbonyl (C=O) groups is 2. The van der Waals surface area contributed by atoms with Gasteiger partial charge in [0.2, 0.25) is 11.9 Å². The topological polar surface area (TPSA) is 78.4 Å². The molecular formula is C23H29N5O2. The Bertz CT molecular complexity index is 915. The number of nitrogens with zero attached hydrogens (tertiary/aromatic N) is 4. The Balaban J connectivity index is 1.30. The van der Waals surface area contributed by atoms with Crippen molar-refractivity contribution in [1.29, 1.82) is 0 Å². The lowest BCUT2D eigenvalue weighted by atomic mass is 9.96. The minimum Gasteiger partial charge on any atom is -0.341 e. The number of nitrogens with one attached hydrogen (secondary N) is 1. The number of imide groups is 1. The number of piperidine rings is 1. The highest BCUT2D eigenvalue weighted by atomic mass is 16.2. The van der Waals surface area contributed by atoms with Gasteiger partial charge in [0.25, 0.3) is 5.91 Å². The van der Waals surface area contributed by atoms with Gasteiger partial charge in [0, 0.05) is 24.5 Å². The molecule has 3 heterocycles. The smallest absolute Gasteiger partial charge is 0.251 e. The van der Waals surface area contributed by atoms with Gasteiger partial charge in [0.05, 0.1) is 18.2 Å². The van der Waals surface area contributed by atoms with Crippen LogP contribution in [0.1, 0.15) is 36.2 Å². The molecule has 2 aromatic rings. The van der Waals surface area contributed by atoms with E-state index in [4.69, 9.17) is 0 Å². The molecule has 7 nitrogen and oxygen atoms in total. The average Bonchev–Trinajstić information content (AvgIpc) is 3.00. The second kappa shape index (κ2) is 8.52. The summed E-state index contributed by atoms with van der Waals surface area (Å²) < 4.78 is 0. The highest BCUT2D eigenvalue weighted by Crippen LogP contribution is 2.25. The SMILES string of the molecule is Cc1ccc(N2C(=O)C[C@H](NCC3CCN(c4nc(C)cc(C)n4)CC3)C2=O)cc1. The Kier molecular flexibility index (Phi) is 5.81. The van der Waals surface area contributed by atoms with E-state index in [1.54, 1.807) is 0 Å². The fourth-order valence-corrected chi connectivity index (χ4v) is 4.25. The molecule has 0 saturated carbocycles. The molecule has 2 amide bonds. The highest BCUT2D eigenvalue weighted by molar-refractivity contribution is 6.22. The maximum atomic E-state index is 12.8. The summed E-state index contributed by atoms with van der Waals surface area (Å²) in [6.07, 6.45) is 2.25. The molecule has 0 aliphatic carbocycles. The van der Waals surface area contributed by atoms with Crippen LogP contribution in [0.2, 0.25) is 0 Å². The van der Waals surface area contributed by atoms with E-state index in [0.717, 1.165) is 55.4 Å². The molecule has 1 atom stereocenters. The maximum absolute atomic E-state index is 12.8. The van der Waals surface area contributed by atoms with Gasteiger partial charge in [0.1, 0.15) is 0 Å². The number of carbonyl (C=O) groups excluding carboxylic acids is 2. The lowest BCUT2D eigenvalue weighted by Gasteiger charge is -2.32. The molecule has 2 saturated heterocycles. The summed E-state index contributed by atoms with van der Waals surface area (Å²) >= 11 is 0. The summed E-state index contributed by atoms with van der Waals surface area (Å²) in [5.74, 6) is 1.00. The third-order valence-corrected chi connectivity index (χ3v) is 5.96. The quantitative estimate of drug-likeness (QED) is 0.768. The van der Waals surface area contributed by atoms with E-state index in [9.17, 15) is 9.59 Å². The zero-order chi connectivity index (χ0) is 21.3. The van der Waals surface area contributed by atoms with Gasteiger partial charge in [-0.3, -0.25) is 9.59 Å². The Morgan fingerprint density at radius 3 is 2.27 bits per heavy atom. The van der Waals surface area contributed by atoms with Gasteiger partial charge in [-0.15, -0.1) is 0 Å². The summed E-state index contributed by atoms with van der Waals surface area (Å²) in [5.41, 5.74) is 3.74. The molecule has 1 aromatic carbocycles.